The molecule has 17 heavy (non-hydrogen) atoms. The van der Waals surface area contributed by atoms with Gasteiger partial charge in [-0.05, 0) is 27.2 Å². The average molecular weight is 233 g/mol. The molecule has 0 aliphatic carbocycles. The van der Waals surface area contributed by atoms with Crippen molar-refractivity contribution in [3.8, 4) is 18.2 Å². The summed E-state index contributed by atoms with van der Waals surface area (Å²) in [6, 6.07) is 0. The number of anilines is 1. The molecule has 0 atom stereocenters. The number of hydrogen-bond donors (Lipinski definition) is 1. The molecule has 0 unspecified atom stereocenters. The Bertz CT molecular complexity index is 421. The molecule has 4 heteroatoms. The highest BCUT2D eigenvalue weighted by molar-refractivity contribution is 5.48. The highest BCUT2D eigenvalue weighted by Crippen LogP contribution is 2.25. The molecule has 0 radical (unpaired) electrons. The smallest absolute Gasteiger partial charge is 0.223 e. The van der Waals surface area contributed by atoms with Gasteiger partial charge in [0.1, 0.15) is 12.1 Å². The van der Waals surface area contributed by atoms with Crippen LogP contribution in [0.3, 0.4) is 0 Å². The van der Waals surface area contributed by atoms with E-state index in [1.165, 1.54) is 6.33 Å². The zero-order valence-corrected chi connectivity index (χ0v) is 10.9. The molecule has 0 bridgehead atoms. The summed E-state index contributed by atoms with van der Waals surface area (Å²) in [5, 5.41) is 3.19. The van der Waals surface area contributed by atoms with Gasteiger partial charge in [0.05, 0.1) is 5.56 Å². The van der Waals surface area contributed by atoms with E-state index < -0.39 is 5.60 Å². The van der Waals surface area contributed by atoms with Crippen molar-refractivity contribution in [3.05, 3.63) is 11.9 Å². The van der Waals surface area contributed by atoms with Crippen molar-refractivity contribution >= 4 is 5.82 Å². The molecule has 0 saturated carbocycles. The van der Waals surface area contributed by atoms with Gasteiger partial charge in [-0.3, -0.25) is 0 Å². The van der Waals surface area contributed by atoms with E-state index >= 15 is 0 Å². The van der Waals surface area contributed by atoms with Gasteiger partial charge in [0.25, 0.3) is 0 Å². The molecule has 0 aliphatic heterocycles. The number of hydrogen-bond acceptors (Lipinski definition) is 4. The summed E-state index contributed by atoms with van der Waals surface area (Å²) in [4.78, 5) is 8.36. The molecular weight excluding hydrogens is 214 g/mol. The molecule has 1 N–H and O–H groups in total. The highest BCUT2D eigenvalue weighted by atomic mass is 16.5. The van der Waals surface area contributed by atoms with Crippen LogP contribution in [0.4, 0.5) is 5.82 Å². The third-order valence-corrected chi connectivity index (χ3v) is 2.30. The average Bonchev–Trinajstić information content (AvgIpc) is 2.29. The van der Waals surface area contributed by atoms with Crippen molar-refractivity contribution in [3.63, 3.8) is 0 Å². The van der Waals surface area contributed by atoms with E-state index in [9.17, 15) is 0 Å². The van der Waals surface area contributed by atoms with Crippen molar-refractivity contribution in [2.75, 3.05) is 11.9 Å². The first-order valence-electron chi connectivity index (χ1n) is 5.78. The van der Waals surface area contributed by atoms with E-state index in [0.717, 1.165) is 24.3 Å². The quantitative estimate of drug-likeness (QED) is 0.792. The highest BCUT2D eigenvalue weighted by Gasteiger charge is 2.20. The lowest BCUT2D eigenvalue weighted by Gasteiger charge is -2.21. The summed E-state index contributed by atoms with van der Waals surface area (Å²) >= 11 is 0. The zero-order valence-electron chi connectivity index (χ0n) is 10.9. The number of ether oxygens (including phenoxy) is 1. The van der Waals surface area contributed by atoms with Crippen LogP contribution in [-0.4, -0.2) is 22.1 Å². The zero-order chi connectivity index (χ0) is 12.9. The fourth-order valence-electron chi connectivity index (χ4n) is 1.39. The van der Waals surface area contributed by atoms with Gasteiger partial charge in [-0.2, -0.15) is 0 Å². The number of nitrogens with zero attached hydrogens (tertiary/aromatic N) is 2. The van der Waals surface area contributed by atoms with E-state index in [2.05, 4.69) is 21.2 Å². The van der Waals surface area contributed by atoms with Gasteiger partial charge in [-0.15, -0.1) is 6.42 Å². The van der Waals surface area contributed by atoms with Crippen molar-refractivity contribution in [2.24, 2.45) is 0 Å². The predicted octanol–water partition coefficient (Wildman–Crippen LogP) is 2.26. The molecule has 1 rings (SSSR count). The van der Waals surface area contributed by atoms with Gasteiger partial charge in [0, 0.05) is 6.54 Å². The number of aromatic nitrogens is 2. The van der Waals surface area contributed by atoms with E-state index in [1.807, 2.05) is 27.7 Å². The van der Waals surface area contributed by atoms with Crippen LogP contribution in [0.5, 0.6) is 5.88 Å². The minimum absolute atomic E-state index is 0.557. The first-order valence-corrected chi connectivity index (χ1v) is 5.78. The van der Waals surface area contributed by atoms with Crippen LogP contribution in [0.1, 0.15) is 33.3 Å². The minimum atomic E-state index is -0.665. The summed E-state index contributed by atoms with van der Waals surface area (Å²) in [5.41, 5.74) is 0.291. The third-order valence-electron chi connectivity index (χ3n) is 2.30. The molecule has 0 spiro atoms. The molecule has 0 saturated heterocycles. The van der Waals surface area contributed by atoms with Crippen molar-refractivity contribution in [1.29, 1.82) is 0 Å². The lowest BCUT2D eigenvalue weighted by Crippen LogP contribution is -2.27. The molecule has 1 heterocycles. The van der Waals surface area contributed by atoms with E-state index in [4.69, 9.17) is 11.2 Å². The molecule has 0 fully saturated rings. The van der Waals surface area contributed by atoms with Crippen LogP contribution in [0.2, 0.25) is 0 Å². The lowest BCUT2D eigenvalue weighted by molar-refractivity contribution is 0.162. The Balaban J connectivity index is 3.08. The summed E-state index contributed by atoms with van der Waals surface area (Å²) < 4.78 is 5.73. The van der Waals surface area contributed by atoms with Gasteiger partial charge in [-0.1, -0.05) is 12.8 Å². The van der Waals surface area contributed by atoms with Gasteiger partial charge in [-0.25, -0.2) is 9.97 Å². The van der Waals surface area contributed by atoms with Crippen molar-refractivity contribution in [2.45, 2.75) is 39.7 Å². The second-order valence-corrected chi connectivity index (χ2v) is 4.15. The number of terminal acetylenes is 1. The van der Waals surface area contributed by atoms with E-state index in [0.29, 0.717) is 5.88 Å². The maximum atomic E-state index is 5.73. The van der Waals surface area contributed by atoms with Gasteiger partial charge < -0.3 is 10.1 Å². The third kappa shape index (κ3) is 3.35. The van der Waals surface area contributed by atoms with Crippen LogP contribution >= 0.6 is 0 Å². The van der Waals surface area contributed by atoms with Crippen LogP contribution in [0.25, 0.3) is 0 Å². The molecule has 92 valence electrons. The summed E-state index contributed by atoms with van der Waals surface area (Å²) in [6.07, 6.45) is 7.68. The Morgan fingerprint density at radius 1 is 1.41 bits per heavy atom. The SMILES string of the molecule is C#CC(C)(C)Oc1ncnc(NCC)c1CC. The molecule has 1 aromatic rings. The molecule has 0 amide bonds. The maximum Gasteiger partial charge on any atom is 0.223 e. The summed E-state index contributed by atoms with van der Waals surface area (Å²) in [6.45, 7) is 8.54. The van der Waals surface area contributed by atoms with E-state index in [1.54, 1.807) is 0 Å². The normalized spacial score (nSPS) is 10.8. The molecular formula is C13H19N3O. The fourth-order valence-corrected chi connectivity index (χ4v) is 1.39. The second kappa shape index (κ2) is 5.53. The Hall–Kier alpha value is -1.76. The Labute approximate surface area is 103 Å². The standard InChI is InChI=1S/C13H19N3O/c1-6-10-11(14-8-3)15-9-16-12(10)17-13(4,5)7-2/h2,9H,6,8H2,1,3-5H3,(H,14,15,16). The van der Waals surface area contributed by atoms with E-state index in [-0.39, 0.29) is 0 Å². The minimum Gasteiger partial charge on any atom is -0.458 e. The first-order chi connectivity index (χ1) is 8.04. The Morgan fingerprint density at radius 2 is 2.12 bits per heavy atom. The second-order valence-electron chi connectivity index (χ2n) is 4.15. The number of nitrogens with one attached hydrogen (secondary N) is 1. The first kappa shape index (κ1) is 13.3. The predicted molar refractivity (Wildman–Crippen MR) is 69.1 cm³/mol. The summed E-state index contributed by atoms with van der Waals surface area (Å²) in [7, 11) is 0. The van der Waals surface area contributed by atoms with Crippen LogP contribution in [-0.2, 0) is 6.42 Å². The van der Waals surface area contributed by atoms with Gasteiger partial charge in [0.2, 0.25) is 5.88 Å². The Morgan fingerprint density at radius 3 is 2.65 bits per heavy atom. The topological polar surface area (TPSA) is 47.0 Å². The molecule has 4 nitrogen and oxygen atoms in total. The maximum absolute atomic E-state index is 5.73. The van der Waals surface area contributed by atoms with Crippen molar-refractivity contribution in [1.82, 2.24) is 9.97 Å². The van der Waals surface area contributed by atoms with Crippen LogP contribution in [0, 0.1) is 12.3 Å². The van der Waals surface area contributed by atoms with Gasteiger partial charge >= 0.3 is 0 Å². The fraction of sp³-hybridized carbons (Fsp3) is 0.538. The summed E-state index contributed by atoms with van der Waals surface area (Å²) in [5.74, 6) is 3.96. The number of rotatable bonds is 5. The Kier molecular flexibility index (Phi) is 4.33. The lowest BCUT2D eigenvalue weighted by atomic mass is 10.1. The monoisotopic (exact) mass is 233 g/mol. The van der Waals surface area contributed by atoms with Crippen LogP contribution in [0.15, 0.2) is 6.33 Å². The van der Waals surface area contributed by atoms with Gasteiger partial charge in [0.15, 0.2) is 5.60 Å². The van der Waals surface area contributed by atoms with Crippen LogP contribution < -0.4 is 10.1 Å². The van der Waals surface area contributed by atoms with Crippen molar-refractivity contribution < 1.29 is 4.74 Å². The molecule has 0 aliphatic rings. The molecule has 0 aromatic carbocycles. The molecule has 1 aromatic heterocycles. The largest absolute Gasteiger partial charge is 0.458 e.